The van der Waals surface area contributed by atoms with Crippen molar-refractivity contribution in [3.05, 3.63) is 128 Å². The Bertz CT molecular complexity index is 1900. The first-order valence-electron chi connectivity index (χ1n) is 15.9. The Labute approximate surface area is 284 Å². The van der Waals surface area contributed by atoms with E-state index in [2.05, 4.69) is 4.98 Å². The number of rotatable bonds is 10. The van der Waals surface area contributed by atoms with Gasteiger partial charge in [-0.2, -0.15) is 13.2 Å². The normalized spacial score (nSPS) is 23.3. The third kappa shape index (κ3) is 6.18. The molecule has 1 aromatic heterocycles. The first-order chi connectivity index (χ1) is 23.8. The molecule has 2 aliphatic rings. The highest BCUT2D eigenvalue weighted by Gasteiger charge is 2.62. The van der Waals surface area contributed by atoms with E-state index in [-0.39, 0.29) is 25.0 Å². The van der Waals surface area contributed by atoms with Gasteiger partial charge in [0, 0.05) is 17.8 Å². The number of carbonyl (C=O) groups is 1. The standard InChI is InChI=1S/C36H36F3N3O8/c1-21-19-42(33(46)41-30(21)44)31-28-27(40-32(45)36(37,38)39)17-18-34(50-31,29(28)43)20-49-35(22-7-5-4-6-8-22,23-9-13-25(47-2)14-10-23)24-11-15-26(48-3)16-12-24/h4-16,19,27-29,31,43H,17-18,20H2,1-3H3,(H,40,45)(H,41,44,46)/t27-,28-,29+,31-,34-/m1/s1. The van der Waals surface area contributed by atoms with Crippen LogP contribution in [0.4, 0.5) is 13.2 Å². The molecule has 3 aromatic carbocycles. The molecule has 1 saturated carbocycles. The second-order valence-electron chi connectivity index (χ2n) is 12.5. The van der Waals surface area contributed by atoms with Gasteiger partial charge in [0.2, 0.25) is 0 Å². The van der Waals surface area contributed by atoms with Crippen LogP contribution in [-0.2, 0) is 19.9 Å². The fourth-order valence-corrected chi connectivity index (χ4v) is 7.05. The Hall–Kier alpha value is -4.92. The third-order valence-electron chi connectivity index (χ3n) is 9.63. The number of nitrogens with one attached hydrogen (secondary N) is 2. The van der Waals surface area contributed by atoms with Crippen molar-refractivity contribution in [2.75, 3.05) is 20.8 Å². The molecule has 2 bridgehead atoms. The maximum atomic E-state index is 13.4. The van der Waals surface area contributed by atoms with Gasteiger partial charge in [-0.25, -0.2) is 4.79 Å². The fraction of sp³-hybridized carbons (Fsp3) is 0.361. The van der Waals surface area contributed by atoms with Crippen LogP contribution in [0.5, 0.6) is 11.5 Å². The van der Waals surface area contributed by atoms with Crippen LogP contribution in [0.1, 0.15) is 41.3 Å². The van der Waals surface area contributed by atoms with Crippen LogP contribution in [0.15, 0.2) is 94.6 Å². The van der Waals surface area contributed by atoms with E-state index in [1.54, 1.807) is 38.5 Å². The van der Waals surface area contributed by atoms with Crippen molar-refractivity contribution in [1.29, 1.82) is 0 Å². The summed E-state index contributed by atoms with van der Waals surface area (Å²) in [4.78, 5) is 39.6. The monoisotopic (exact) mass is 695 g/mol. The van der Waals surface area contributed by atoms with Crippen molar-refractivity contribution in [2.45, 2.75) is 55.5 Å². The van der Waals surface area contributed by atoms with E-state index in [0.717, 1.165) is 4.57 Å². The van der Waals surface area contributed by atoms with Crippen molar-refractivity contribution >= 4 is 5.91 Å². The number of methoxy groups -OCH3 is 2. The summed E-state index contributed by atoms with van der Waals surface area (Å²) < 4.78 is 65.6. The van der Waals surface area contributed by atoms with Crippen molar-refractivity contribution < 1.29 is 42.0 Å². The molecule has 264 valence electrons. The number of nitrogens with zero attached hydrogens (tertiary/aromatic N) is 1. The Morgan fingerprint density at radius 3 is 2.06 bits per heavy atom. The van der Waals surface area contributed by atoms with Gasteiger partial charge in [-0.3, -0.25) is 19.1 Å². The second kappa shape index (κ2) is 13.4. The first-order valence-corrected chi connectivity index (χ1v) is 15.9. The second-order valence-corrected chi connectivity index (χ2v) is 12.5. The molecule has 6 rings (SSSR count). The number of aliphatic hydroxyl groups is 1. The van der Waals surface area contributed by atoms with E-state index >= 15 is 0 Å². The molecule has 1 saturated heterocycles. The molecule has 1 amide bonds. The zero-order chi connectivity index (χ0) is 35.8. The van der Waals surface area contributed by atoms with Gasteiger partial charge in [0.15, 0.2) is 0 Å². The Morgan fingerprint density at radius 2 is 1.52 bits per heavy atom. The number of ether oxygens (including phenoxy) is 4. The number of fused-ring (bicyclic) bond motifs is 2. The quantitative estimate of drug-likeness (QED) is 0.212. The number of halogens is 3. The highest BCUT2D eigenvalue weighted by Crippen LogP contribution is 2.52. The lowest BCUT2D eigenvalue weighted by atomic mass is 9.74. The average Bonchev–Trinajstić information content (AvgIpc) is 3.29. The Morgan fingerprint density at radius 1 is 0.960 bits per heavy atom. The molecule has 0 unspecified atom stereocenters. The molecule has 2 heterocycles. The number of H-pyrrole nitrogens is 1. The van der Waals surface area contributed by atoms with Crippen LogP contribution in [0.25, 0.3) is 0 Å². The summed E-state index contributed by atoms with van der Waals surface area (Å²) in [5.41, 5.74) is -2.22. The number of alkyl halides is 3. The van der Waals surface area contributed by atoms with E-state index < -0.39 is 58.8 Å². The minimum absolute atomic E-state index is 0.0378. The number of benzene rings is 3. The predicted molar refractivity (Wildman–Crippen MR) is 174 cm³/mol. The predicted octanol–water partition coefficient (Wildman–Crippen LogP) is 3.96. The lowest BCUT2D eigenvalue weighted by Gasteiger charge is -2.43. The molecule has 1 aliphatic heterocycles. The van der Waals surface area contributed by atoms with Gasteiger partial charge < -0.3 is 29.4 Å². The molecule has 0 spiro atoms. The summed E-state index contributed by atoms with van der Waals surface area (Å²) in [7, 11) is 3.10. The summed E-state index contributed by atoms with van der Waals surface area (Å²) in [6.45, 7) is 1.15. The van der Waals surface area contributed by atoms with Crippen molar-refractivity contribution in [2.24, 2.45) is 5.92 Å². The van der Waals surface area contributed by atoms with Crippen LogP contribution in [-0.4, -0.2) is 65.3 Å². The van der Waals surface area contributed by atoms with Crippen LogP contribution in [0, 0.1) is 12.8 Å². The van der Waals surface area contributed by atoms with Gasteiger partial charge in [-0.15, -0.1) is 0 Å². The minimum Gasteiger partial charge on any atom is -0.497 e. The molecule has 1 aliphatic carbocycles. The molecule has 2 fully saturated rings. The van der Waals surface area contributed by atoms with Crippen LogP contribution < -0.4 is 26.0 Å². The first kappa shape index (κ1) is 34.9. The zero-order valence-corrected chi connectivity index (χ0v) is 27.4. The van der Waals surface area contributed by atoms with Gasteiger partial charge in [-0.05, 0) is 60.7 Å². The molecule has 4 aromatic rings. The number of aliphatic hydroxyl groups excluding tert-OH is 1. The van der Waals surface area contributed by atoms with Crippen molar-refractivity contribution in [3.8, 4) is 11.5 Å². The van der Waals surface area contributed by atoms with Gasteiger partial charge in [0.25, 0.3) is 5.56 Å². The van der Waals surface area contributed by atoms with Crippen LogP contribution >= 0.6 is 0 Å². The molecule has 11 nitrogen and oxygen atoms in total. The number of carbonyl (C=O) groups excluding carboxylic acids is 1. The molecule has 14 heteroatoms. The average molecular weight is 696 g/mol. The number of hydrogen-bond acceptors (Lipinski definition) is 8. The number of aromatic amines is 1. The van der Waals surface area contributed by atoms with Gasteiger partial charge in [0.1, 0.15) is 28.9 Å². The zero-order valence-electron chi connectivity index (χ0n) is 27.4. The number of hydrogen-bond donors (Lipinski definition) is 3. The van der Waals surface area contributed by atoms with E-state index in [1.165, 1.54) is 13.1 Å². The molecular weight excluding hydrogens is 659 g/mol. The highest BCUT2D eigenvalue weighted by atomic mass is 19.4. The SMILES string of the molecule is COc1ccc(C(OC[C@@]23CC[C@@H](NC(=O)C(F)(F)F)[C@@H]([C@H](n4cc(C)c(=O)[nH]c4=O)O2)[C@@H]3O)(c2ccccc2)c2ccc(OC)cc2)cc1. The summed E-state index contributed by atoms with van der Waals surface area (Å²) in [5.74, 6) is -2.21. The van der Waals surface area contributed by atoms with E-state index in [4.69, 9.17) is 18.9 Å². The van der Waals surface area contributed by atoms with E-state index in [9.17, 15) is 32.7 Å². The van der Waals surface area contributed by atoms with E-state index in [0.29, 0.717) is 28.2 Å². The van der Waals surface area contributed by atoms with Crippen molar-refractivity contribution in [1.82, 2.24) is 14.9 Å². The summed E-state index contributed by atoms with van der Waals surface area (Å²) in [6, 6.07) is 22.6. The van der Waals surface area contributed by atoms with Gasteiger partial charge in [-0.1, -0.05) is 54.6 Å². The molecule has 0 radical (unpaired) electrons. The van der Waals surface area contributed by atoms with Crippen LogP contribution in [0.3, 0.4) is 0 Å². The van der Waals surface area contributed by atoms with Crippen molar-refractivity contribution in [3.63, 3.8) is 0 Å². The fourth-order valence-electron chi connectivity index (χ4n) is 7.05. The van der Waals surface area contributed by atoms with E-state index in [1.807, 2.05) is 59.9 Å². The number of aryl methyl sites for hydroxylation is 1. The van der Waals surface area contributed by atoms with Gasteiger partial charge >= 0.3 is 17.8 Å². The maximum absolute atomic E-state index is 13.4. The number of amides is 1. The lowest BCUT2D eigenvalue weighted by Crippen LogP contribution is -2.58. The third-order valence-corrected chi connectivity index (χ3v) is 9.63. The molecule has 5 atom stereocenters. The number of aromatic nitrogens is 2. The minimum atomic E-state index is -5.19. The molecular formula is C36H36F3N3O8. The Kier molecular flexibility index (Phi) is 9.37. The summed E-state index contributed by atoms with van der Waals surface area (Å²) >= 11 is 0. The molecule has 50 heavy (non-hydrogen) atoms. The largest absolute Gasteiger partial charge is 0.497 e. The molecule has 3 N–H and O–H groups in total. The Balaban J connectivity index is 1.47. The lowest BCUT2D eigenvalue weighted by molar-refractivity contribution is -0.176. The van der Waals surface area contributed by atoms with Crippen LogP contribution in [0.2, 0.25) is 0 Å². The summed E-state index contributed by atoms with van der Waals surface area (Å²) in [5, 5.41) is 14.0. The summed E-state index contributed by atoms with van der Waals surface area (Å²) in [6.07, 6.45) is -6.93. The maximum Gasteiger partial charge on any atom is 0.471 e. The highest BCUT2D eigenvalue weighted by molar-refractivity contribution is 5.82. The van der Waals surface area contributed by atoms with Gasteiger partial charge in [0.05, 0.1) is 32.8 Å². The smallest absolute Gasteiger partial charge is 0.471 e. The topological polar surface area (TPSA) is 141 Å².